The zero-order chi connectivity index (χ0) is 18.4. The van der Waals surface area contributed by atoms with Gasteiger partial charge in [-0.15, -0.1) is 0 Å². The van der Waals surface area contributed by atoms with Crippen molar-refractivity contribution in [2.45, 2.75) is 19.8 Å². The Labute approximate surface area is 158 Å². The average molecular weight is 417 g/mol. The van der Waals surface area contributed by atoms with E-state index in [4.69, 9.17) is 9.26 Å². The van der Waals surface area contributed by atoms with Crippen molar-refractivity contribution in [3.63, 3.8) is 0 Å². The first kappa shape index (κ1) is 18.1. The summed E-state index contributed by atoms with van der Waals surface area (Å²) < 4.78 is 11.6. The number of pyridine rings is 1. The molecule has 2 aromatic heterocycles. The highest BCUT2D eigenvalue weighted by Gasteiger charge is 2.08. The molecule has 0 aliphatic heterocycles. The van der Waals surface area contributed by atoms with Crippen LogP contribution in [-0.4, -0.2) is 27.6 Å². The molecule has 0 atom stereocenters. The van der Waals surface area contributed by atoms with Crippen LogP contribution in [0.25, 0.3) is 0 Å². The van der Waals surface area contributed by atoms with Gasteiger partial charge in [-0.3, -0.25) is 4.79 Å². The first-order valence-electron chi connectivity index (χ1n) is 8.07. The van der Waals surface area contributed by atoms with Crippen LogP contribution >= 0.6 is 15.9 Å². The van der Waals surface area contributed by atoms with Crippen LogP contribution in [0.5, 0.6) is 11.6 Å². The van der Waals surface area contributed by atoms with E-state index in [-0.39, 0.29) is 5.91 Å². The van der Waals surface area contributed by atoms with E-state index in [0.717, 1.165) is 4.47 Å². The number of carbonyl (C=O) groups is 1. The van der Waals surface area contributed by atoms with Crippen LogP contribution in [0.2, 0.25) is 0 Å². The molecule has 0 spiro atoms. The number of carbonyl (C=O) groups excluding carboxylic acids is 1. The third kappa shape index (κ3) is 5.13. The quantitative estimate of drug-likeness (QED) is 0.590. The summed E-state index contributed by atoms with van der Waals surface area (Å²) in [6.45, 7) is 2.28. The molecular weight excluding hydrogens is 400 g/mol. The molecule has 0 saturated heterocycles. The van der Waals surface area contributed by atoms with Crippen molar-refractivity contribution < 1.29 is 14.1 Å². The summed E-state index contributed by atoms with van der Waals surface area (Å²) in [5.74, 6) is 2.09. The molecule has 1 N–H and O–H groups in total. The van der Waals surface area contributed by atoms with Crippen molar-refractivity contribution in [3.8, 4) is 11.6 Å². The highest BCUT2D eigenvalue weighted by molar-refractivity contribution is 9.10. The maximum absolute atomic E-state index is 12.1. The van der Waals surface area contributed by atoms with E-state index in [1.54, 1.807) is 19.1 Å². The van der Waals surface area contributed by atoms with E-state index in [2.05, 4.69) is 36.4 Å². The largest absolute Gasteiger partial charge is 0.439 e. The summed E-state index contributed by atoms with van der Waals surface area (Å²) >= 11 is 3.39. The predicted molar refractivity (Wildman–Crippen MR) is 98.1 cm³/mol. The van der Waals surface area contributed by atoms with E-state index in [0.29, 0.717) is 48.3 Å². The first-order chi connectivity index (χ1) is 12.6. The summed E-state index contributed by atoms with van der Waals surface area (Å²) in [5.41, 5.74) is 0.472. The van der Waals surface area contributed by atoms with Crippen LogP contribution in [0, 0.1) is 6.92 Å². The van der Waals surface area contributed by atoms with Gasteiger partial charge in [-0.1, -0.05) is 27.2 Å². The lowest BCUT2D eigenvalue weighted by molar-refractivity contribution is 0.0952. The Morgan fingerprint density at radius 2 is 2.19 bits per heavy atom. The number of halogens is 1. The van der Waals surface area contributed by atoms with E-state index < -0.39 is 0 Å². The van der Waals surface area contributed by atoms with Gasteiger partial charge in [0.2, 0.25) is 11.8 Å². The van der Waals surface area contributed by atoms with Crippen LogP contribution in [0.15, 0.2) is 51.6 Å². The summed E-state index contributed by atoms with van der Waals surface area (Å²) in [6, 6.07) is 10.8. The Balaban J connectivity index is 1.47. The summed E-state index contributed by atoms with van der Waals surface area (Å²) in [5, 5.41) is 6.56. The van der Waals surface area contributed by atoms with Gasteiger partial charge in [-0.05, 0) is 37.6 Å². The minimum Gasteiger partial charge on any atom is -0.439 e. The number of amides is 1. The molecular formula is C18H17BrN4O3. The number of rotatable bonds is 7. The Hall–Kier alpha value is -2.74. The Morgan fingerprint density at radius 1 is 1.31 bits per heavy atom. The van der Waals surface area contributed by atoms with Gasteiger partial charge in [0.15, 0.2) is 5.82 Å². The summed E-state index contributed by atoms with van der Waals surface area (Å²) in [4.78, 5) is 20.4. The van der Waals surface area contributed by atoms with Gasteiger partial charge in [0.1, 0.15) is 5.75 Å². The zero-order valence-electron chi connectivity index (χ0n) is 14.1. The number of nitrogens with one attached hydrogen (secondary N) is 1. The standard InChI is InChI=1S/C18H17BrN4O3/c1-12-22-17(26-23-12)6-3-9-20-18(24)13-7-8-16(21-11-13)25-15-5-2-4-14(19)10-15/h2,4-5,7-8,10-11H,3,6,9H2,1H3,(H,20,24). The smallest absolute Gasteiger partial charge is 0.252 e. The maximum atomic E-state index is 12.1. The van der Waals surface area contributed by atoms with Crippen LogP contribution in [0.4, 0.5) is 0 Å². The molecule has 3 aromatic rings. The number of benzene rings is 1. The van der Waals surface area contributed by atoms with E-state index >= 15 is 0 Å². The van der Waals surface area contributed by atoms with E-state index in [9.17, 15) is 4.79 Å². The molecule has 8 heteroatoms. The molecule has 0 aliphatic carbocycles. The lowest BCUT2D eigenvalue weighted by atomic mass is 10.2. The van der Waals surface area contributed by atoms with Gasteiger partial charge < -0.3 is 14.6 Å². The van der Waals surface area contributed by atoms with Crippen molar-refractivity contribution in [2.24, 2.45) is 0 Å². The number of hydrogen-bond acceptors (Lipinski definition) is 6. The average Bonchev–Trinajstić information content (AvgIpc) is 3.04. The lowest BCUT2D eigenvalue weighted by Crippen LogP contribution is -2.24. The number of hydrogen-bond donors (Lipinski definition) is 1. The fraction of sp³-hybridized carbons (Fsp3) is 0.222. The third-order valence-corrected chi connectivity index (χ3v) is 3.93. The van der Waals surface area contributed by atoms with Crippen molar-refractivity contribution in [1.82, 2.24) is 20.4 Å². The molecule has 3 rings (SSSR count). The molecule has 1 aromatic carbocycles. The highest BCUT2D eigenvalue weighted by atomic mass is 79.9. The second kappa shape index (κ2) is 8.57. The van der Waals surface area contributed by atoms with Gasteiger partial charge >= 0.3 is 0 Å². The molecule has 1 amide bonds. The zero-order valence-corrected chi connectivity index (χ0v) is 15.7. The third-order valence-electron chi connectivity index (χ3n) is 3.44. The number of nitrogens with zero attached hydrogens (tertiary/aromatic N) is 3. The molecule has 7 nitrogen and oxygen atoms in total. The molecule has 0 bridgehead atoms. The van der Waals surface area contributed by atoms with Gasteiger partial charge in [0.25, 0.3) is 5.91 Å². The predicted octanol–water partition coefficient (Wildman–Crippen LogP) is 3.69. The number of ether oxygens (including phenoxy) is 1. The minimum atomic E-state index is -0.187. The molecule has 0 unspecified atom stereocenters. The van der Waals surface area contributed by atoms with Crippen molar-refractivity contribution in [1.29, 1.82) is 0 Å². The molecule has 134 valence electrons. The maximum Gasteiger partial charge on any atom is 0.252 e. The SMILES string of the molecule is Cc1noc(CCCNC(=O)c2ccc(Oc3cccc(Br)c3)nc2)n1. The Bertz CT molecular complexity index is 880. The van der Waals surface area contributed by atoms with E-state index in [1.165, 1.54) is 6.20 Å². The summed E-state index contributed by atoms with van der Waals surface area (Å²) in [6.07, 6.45) is 2.83. The topological polar surface area (TPSA) is 90.1 Å². The molecule has 0 aliphatic rings. The number of aromatic nitrogens is 3. The Kier molecular flexibility index (Phi) is 5.96. The van der Waals surface area contributed by atoms with Gasteiger partial charge in [0, 0.05) is 29.7 Å². The first-order valence-corrected chi connectivity index (χ1v) is 8.86. The second-order valence-electron chi connectivity index (χ2n) is 5.54. The molecule has 26 heavy (non-hydrogen) atoms. The normalized spacial score (nSPS) is 10.5. The van der Waals surface area contributed by atoms with E-state index in [1.807, 2.05) is 24.3 Å². The van der Waals surface area contributed by atoms with Crippen molar-refractivity contribution in [2.75, 3.05) is 6.54 Å². The fourth-order valence-corrected chi connectivity index (χ4v) is 2.59. The lowest BCUT2D eigenvalue weighted by Gasteiger charge is -2.07. The van der Waals surface area contributed by atoms with Crippen LogP contribution in [-0.2, 0) is 6.42 Å². The van der Waals surface area contributed by atoms with Crippen LogP contribution in [0.3, 0.4) is 0 Å². The van der Waals surface area contributed by atoms with Crippen LogP contribution in [0.1, 0.15) is 28.5 Å². The Morgan fingerprint density at radius 3 is 2.88 bits per heavy atom. The van der Waals surface area contributed by atoms with Gasteiger partial charge in [-0.25, -0.2) is 4.98 Å². The minimum absolute atomic E-state index is 0.187. The molecule has 0 saturated carbocycles. The molecule has 0 radical (unpaired) electrons. The van der Waals surface area contributed by atoms with Crippen LogP contribution < -0.4 is 10.1 Å². The second-order valence-corrected chi connectivity index (χ2v) is 6.46. The van der Waals surface area contributed by atoms with Crippen molar-refractivity contribution in [3.05, 3.63) is 64.3 Å². The van der Waals surface area contributed by atoms with Gasteiger partial charge in [-0.2, -0.15) is 4.98 Å². The highest BCUT2D eigenvalue weighted by Crippen LogP contribution is 2.22. The summed E-state index contributed by atoms with van der Waals surface area (Å²) in [7, 11) is 0. The van der Waals surface area contributed by atoms with Gasteiger partial charge in [0.05, 0.1) is 5.56 Å². The monoisotopic (exact) mass is 416 g/mol. The van der Waals surface area contributed by atoms with Crippen molar-refractivity contribution >= 4 is 21.8 Å². The molecule has 2 heterocycles. The number of aryl methyl sites for hydroxylation is 2. The fourth-order valence-electron chi connectivity index (χ4n) is 2.21. The molecule has 0 fully saturated rings.